The van der Waals surface area contributed by atoms with Gasteiger partial charge in [0.1, 0.15) is 5.75 Å². The van der Waals surface area contributed by atoms with Crippen molar-refractivity contribution >= 4 is 5.97 Å². The highest BCUT2D eigenvalue weighted by molar-refractivity contribution is 5.88. The summed E-state index contributed by atoms with van der Waals surface area (Å²) in [5.41, 5.74) is -0.589. The van der Waals surface area contributed by atoms with Gasteiger partial charge in [0.05, 0.1) is 18.2 Å². The quantitative estimate of drug-likeness (QED) is 0.818. The number of aromatic carboxylic acids is 1. The fourth-order valence-corrected chi connectivity index (χ4v) is 1.04. The van der Waals surface area contributed by atoms with Crippen molar-refractivity contribution in [1.29, 1.82) is 0 Å². The van der Waals surface area contributed by atoms with Gasteiger partial charge in [-0.25, -0.2) is 13.6 Å². The molecule has 1 aromatic rings. The second-order valence-corrected chi connectivity index (χ2v) is 2.56. The summed E-state index contributed by atoms with van der Waals surface area (Å²) in [7, 11) is 1.25. The van der Waals surface area contributed by atoms with Crippen LogP contribution in [0.2, 0.25) is 0 Å². The van der Waals surface area contributed by atoms with Crippen LogP contribution in [0.3, 0.4) is 0 Å². The van der Waals surface area contributed by atoms with E-state index in [1.807, 2.05) is 0 Å². The number of hydrogen-bond acceptors (Lipinski definition) is 2. The minimum absolute atomic E-state index is 0.00926. The molecule has 0 unspecified atom stereocenters. The number of halogens is 2. The average Bonchev–Trinajstić information content (AvgIpc) is 2.16. The molecule has 0 aliphatic heterocycles. The third-order valence-electron chi connectivity index (χ3n) is 1.71. The highest BCUT2D eigenvalue weighted by Gasteiger charge is 2.16. The Hall–Kier alpha value is -1.65. The molecule has 0 radical (unpaired) electrons. The number of carboxylic acids is 1. The van der Waals surface area contributed by atoms with Crippen molar-refractivity contribution in [2.75, 3.05) is 7.11 Å². The molecule has 0 fully saturated rings. The maximum absolute atomic E-state index is 12.4. The van der Waals surface area contributed by atoms with Gasteiger partial charge in [-0.15, -0.1) is 0 Å². The molecule has 0 aliphatic rings. The number of rotatable bonds is 3. The number of ether oxygens (including phenoxy) is 1. The van der Waals surface area contributed by atoms with Gasteiger partial charge in [0.25, 0.3) is 6.43 Å². The van der Waals surface area contributed by atoms with Gasteiger partial charge in [-0.1, -0.05) is 0 Å². The molecule has 0 amide bonds. The molecule has 0 aromatic heterocycles. The van der Waals surface area contributed by atoms with Crippen molar-refractivity contribution in [3.63, 3.8) is 0 Å². The zero-order valence-electron chi connectivity index (χ0n) is 7.33. The fourth-order valence-electron chi connectivity index (χ4n) is 1.04. The molecule has 1 N–H and O–H groups in total. The van der Waals surface area contributed by atoms with Crippen LogP contribution in [-0.2, 0) is 0 Å². The second-order valence-electron chi connectivity index (χ2n) is 2.56. The molecular formula is C9H8F2O3. The van der Waals surface area contributed by atoms with Gasteiger partial charge in [-0.05, 0) is 18.2 Å². The number of methoxy groups -OCH3 is 1. The first-order valence-corrected chi connectivity index (χ1v) is 3.75. The molecule has 0 atom stereocenters. The van der Waals surface area contributed by atoms with Gasteiger partial charge in [-0.2, -0.15) is 0 Å². The van der Waals surface area contributed by atoms with Crippen molar-refractivity contribution in [3.8, 4) is 5.75 Å². The highest BCUT2D eigenvalue weighted by atomic mass is 19.3. The van der Waals surface area contributed by atoms with Crippen LogP contribution in [0.25, 0.3) is 0 Å². The first kappa shape index (κ1) is 10.4. The molecule has 1 rings (SSSR count). The summed E-state index contributed by atoms with van der Waals surface area (Å²) in [6.07, 6.45) is -2.75. The maximum Gasteiger partial charge on any atom is 0.335 e. The zero-order chi connectivity index (χ0) is 10.7. The number of alkyl halides is 2. The SMILES string of the molecule is COc1ccc(C(=O)O)cc1C(F)F. The Bertz CT molecular complexity index is 350. The third-order valence-corrected chi connectivity index (χ3v) is 1.71. The van der Waals surface area contributed by atoms with E-state index in [9.17, 15) is 13.6 Å². The van der Waals surface area contributed by atoms with Crippen LogP contribution in [0.15, 0.2) is 18.2 Å². The lowest BCUT2D eigenvalue weighted by Gasteiger charge is -2.07. The third kappa shape index (κ3) is 1.99. The van der Waals surface area contributed by atoms with Crippen LogP contribution in [0, 0.1) is 0 Å². The van der Waals surface area contributed by atoms with E-state index >= 15 is 0 Å². The molecule has 1 aromatic carbocycles. The van der Waals surface area contributed by atoms with Crippen molar-refractivity contribution in [3.05, 3.63) is 29.3 Å². The average molecular weight is 202 g/mol. The summed E-state index contributed by atoms with van der Waals surface area (Å²) < 4.78 is 29.4. The standard InChI is InChI=1S/C9H8F2O3/c1-14-7-3-2-5(9(12)13)4-6(7)8(10)11/h2-4,8H,1H3,(H,12,13). The van der Waals surface area contributed by atoms with E-state index in [2.05, 4.69) is 4.74 Å². The van der Waals surface area contributed by atoms with Crippen molar-refractivity contribution in [1.82, 2.24) is 0 Å². The van der Waals surface area contributed by atoms with Crippen LogP contribution < -0.4 is 4.74 Å². The van der Waals surface area contributed by atoms with Gasteiger partial charge in [-0.3, -0.25) is 0 Å². The Labute approximate surface area is 78.9 Å². The number of carboxylic acid groups (broad SMARTS) is 1. The minimum Gasteiger partial charge on any atom is -0.496 e. The summed E-state index contributed by atoms with van der Waals surface area (Å²) >= 11 is 0. The van der Waals surface area contributed by atoms with Crippen LogP contribution in [-0.4, -0.2) is 18.2 Å². The number of benzene rings is 1. The molecule has 0 spiro atoms. The van der Waals surface area contributed by atoms with Crippen LogP contribution in [0.5, 0.6) is 5.75 Å². The lowest BCUT2D eigenvalue weighted by Crippen LogP contribution is -2.00. The van der Waals surface area contributed by atoms with Gasteiger partial charge in [0, 0.05) is 0 Å². The molecule has 3 nitrogen and oxygen atoms in total. The Morgan fingerprint density at radius 2 is 2.14 bits per heavy atom. The first-order chi connectivity index (χ1) is 6.56. The minimum atomic E-state index is -2.75. The van der Waals surface area contributed by atoms with E-state index in [-0.39, 0.29) is 11.3 Å². The van der Waals surface area contributed by atoms with E-state index in [0.29, 0.717) is 0 Å². The summed E-state index contributed by atoms with van der Waals surface area (Å²) in [5.74, 6) is -1.25. The van der Waals surface area contributed by atoms with Crippen molar-refractivity contribution in [2.45, 2.75) is 6.43 Å². The molecule has 0 heterocycles. The molecule has 0 saturated carbocycles. The Morgan fingerprint density at radius 1 is 1.50 bits per heavy atom. The summed E-state index contributed by atoms with van der Waals surface area (Å²) in [6.45, 7) is 0. The van der Waals surface area contributed by atoms with E-state index in [4.69, 9.17) is 5.11 Å². The van der Waals surface area contributed by atoms with Gasteiger partial charge < -0.3 is 9.84 Å². The summed E-state index contributed by atoms with van der Waals surface area (Å²) in [6, 6.07) is 3.34. The van der Waals surface area contributed by atoms with Crippen molar-refractivity contribution < 1.29 is 23.4 Å². The van der Waals surface area contributed by atoms with Crippen LogP contribution in [0.4, 0.5) is 8.78 Å². The Balaban J connectivity index is 3.20. The second kappa shape index (κ2) is 4.04. The Kier molecular flexibility index (Phi) is 3.01. The Morgan fingerprint density at radius 3 is 2.57 bits per heavy atom. The van der Waals surface area contributed by atoms with Crippen molar-refractivity contribution in [2.24, 2.45) is 0 Å². The van der Waals surface area contributed by atoms with Crippen LogP contribution in [0.1, 0.15) is 22.3 Å². The number of hydrogen-bond donors (Lipinski definition) is 1. The lowest BCUT2D eigenvalue weighted by atomic mass is 10.1. The lowest BCUT2D eigenvalue weighted by molar-refractivity contribution is 0.0696. The van der Waals surface area contributed by atoms with Crippen LogP contribution >= 0.6 is 0 Å². The molecule has 0 saturated heterocycles. The number of carbonyl (C=O) groups is 1. The smallest absolute Gasteiger partial charge is 0.335 e. The van der Waals surface area contributed by atoms with Gasteiger partial charge in [0.15, 0.2) is 0 Å². The highest BCUT2D eigenvalue weighted by Crippen LogP contribution is 2.29. The molecule has 5 heteroatoms. The van der Waals surface area contributed by atoms with E-state index in [1.54, 1.807) is 0 Å². The fraction of sp³-hybridized carbons (Fsp3) is 0.222. The molecule has 0 bridgehead atoms. The predicted octanol–water partition coefficient (Wildman–Crippen LogP) is 2.33. The summed E-state index contributed by atoms with van der Waals surface area (Å²) in [4.78, 5) is 10.5. The normalized spacial score (nSPS) is 10.3. The molecular weight excluding hydrogens is 194 g/mol. The molecule has 14 heavy (non-hydrogen) atoms. The maximum atomic E-state index is 12.4. The topological polar surface area (TPSA) is 46.5 Å². The predicted molar refractivity (Wildman–Crippen MR) is 44.9 cm³/mol. The first-order valence-electron chi connectivity index (χ1n) is 3.75. The monoisotopic (exact) mass is 202 g/mol. The van der Waals surface area contributed by atoms with E-state index in [1.165, 1.54) is 19.2 Å². The zero-order valence-corrected chi connectivity index (χ0v) is 7.33. The van der Waals surface area contributed by atoms with E-state index in [0.717, 1.165) is 6.07 Å². The molecule has 76 valence electrons. The van der Waals surface area contributed by atoms with Gasteiger partial charge >= 0.3 is 5.97 Å². The van der Waals surface area contributed by atoms with E-state index < -0.39 is 18.0 Å². The largest absolute Gasteiger partial charge is 0.496 e. The van der Waals surface area contributed by atoms with Gasteiger partial charge in [0.2, 0.25) is 0 Å². The molecule has 0 aliphatic carbocycles. The summed E-state index contributed by atoms with van der Waals surface area (Å²) in [5, 5.41) is 8.57.